The molecule has 0 bridgehead atoms. The molecule has 2 saturated heterocycles. The molecule has 5 rings (SSSR count). The lowest BCUT2D eigenvalue weighted by molar-refractivity contribution is -0.135. The summed E-state index contributed by atoms with van der Waals surface area (Å²) < 4.78 is 10.5. The van der Waals surface area contributed by atoms with Crippen LogP contribution in [-0.4, -0.2) is 60.4 Å². The van der Waals surface area contributed by atoms with E-state index in [0.717, 1.165) is 36.9 Å². The molecule has 3 aromatic rings. The van der Waals surface area contributed by atoms with E-state index < -0.39 is 17.6 Å². The van der Waals surface area contributed by atoms with Crippen molar-refractivity contribution in [1.29, 1.82) is 0 Å². The molecule has 0 saturated carbocycles. The van der Waals surface area contributed by atoms with E-state index in [2.05, 4.69) is 10.4 Å². The Bertz CT molecular complexity index is 1470. The maximum Gasteiger partial charge on any atom is 0.410 e. The zero-order chi connectivity index (χ0) is 27.9. The summed E-state index contributed by atoms with van der Waals surface area (Å²) in [6.45, 7) is 7.85. The number of aromatic nitrogens is 4. The monoisotopic (exact) mass is 536 g/mol. The lowest BCUT2D eigenvalue weighted by Crippen LogP contribution is -2.44. The van der Waals surface area contributed by atoms with Gasteiger partial charge in [-0.2, -0.15) is 5.10 Å². The van der Waals surface area contributed by atoms with Crippen molar-refractivity contribution in [3.63, 3.8) is 0 Å². The van der Waals surface area contributed by atoms with Crippen molar-refractivity contribution < 1.29 is 19.1 Å². The van der Waals surface area contributed by atoms with E-state index in [1.165, 1.54) is 9.13 Å². The maximum atomic E-state index is 13.0. The van der Waals surface area contributed by atoms with Gasteiger partial charge in [0.25, 0.3) is 0 Å². The fourth-order valence-corrected chi connectivity index (χ4v) is 5.45. The van der Waals surface area contributed by atoms with Crippen LogP contribution in [-0.2, 0) is 27.9 Å². The Hall–Kier alpha value is -3.89. The number of piperidine rings is 2. The second-order valence-electron chi connectivity index (χ2n) is 11.6. The van der Waals surface area contributed by atoms with Gasteiger partial charge in [0.15, 0.2) is 0 Å². The summed E-state index contributed by atoms with van der Waals surface area (Å²) in [4.78, 5) is 51.1. The Morgan fingerprint density at radius 2 is 1.82 bits per heavy atom. The second-order valence-corrected chi connectivity index (χ2v) is 11.6. The predicted molar refractivity (Wildman–Crippen MR) is 145 cm³/mol. The van der Waals surface area contributed by atoms with Crippen LogP contribution in [0, 0.1) is 5.92 Å². The number of imidazole rings is 1. The van der Waals surface area contributed by atoms with Crippen LogP contribution in [0.3, 0.4) is 0 Å². The van der Waals surface area contributed by atoms with E-state index in [1.54, 1.807) is 11.9 Å². The van der Waals surface area contributed by atoms with Gasteiger partial charge in [-0.15, -0.1) is 0 Å². The number of amides is 3. The van der Waals surface area contributed by atoms with E-state index in [9.17, 15) is 19.2 Å². The average molecular weight is 537 g/mol. The largest absolute Gasteiger partial charge is 0.444 e. The Morgan fingerprint density at radius 3 is 2.51 bits per heavy atom. The van der Waals surface area contributed by atoms with Crippen LogP contribution in [0.15, 0.2) is 35.4 Å². The number of likely N-dealkylation sites (tertiary alicyclic amines) is 1. The molecule has 208 valence electrons. The van der Waals surface area contributed by atoms with Crippen LogP contribution in [0.4, 0.5) is 4.79 Å². The van der Waals surface area contributed by atoms with Gasteiger partial charge in [0.2, 0.25) is 11.8 Å². The fraction of sp³-hybridized carbons (Fsp3) is 0.536. The lowest BCUT2D eigenvalue weighted by Gasteiger charge is -2.33. The normalized spacial score (nSPS) is 19.0. The van der Waals surface area contributed by atoms with Crippen molar-refractivity contribution in [2.45, 2.75) is 71.1 Å². The van der Waals surface area contributed by atoms with Crippen molar-refractivity contribution in [2.75, 3.05) is 13.1 Å². The molecular formula is C28H36N6O5. The molecule has 1 N–H and O–H groups in total. The Kier molecular flexibility index (Phi) is 7.09. The van der Waals surface area contributed by atoms with E-state index in [1.807, 2.05) is 56.0 Å². The third-order valence-electron chi connectivity index (χ3n) is 7.61. The number of carbonyl (C=O) groups is 3. The molecule has 2 aliphatic heterocycles. The van der Waals surface area contributed by atoms with E-state index >= 15 is 0 Å². The van der Waals surface area contributed by atoms with Crippen LogP contribution in [0.2, 0.25) is 0 Å². The highest BCUT2D eigenvalue weighted by Crippen LogP contribution is 2.28. The van der Waals surface area contributed by atoms with Crippen LogP contribution in [0.25, 0.3) is 22.2 Å². The number of carbonyl (C=O) groups excluding carboxylic acids is 3. The molecule has 3 amide bonds. The minimum absolute atomic E-state index is 0.208. The number of rotatable bonds is 5. The molecule has 2 aromatic heterocycles. The highest BCUT2D eigenvalue weighted by atomic mass is 16.6. The average Bonchev–Trinajstić information content (AvgIpc) is 3.45. The van der Waals surface area contributed by atoms with Crippen LogP contribution < -0.4 is 11.0 Å². The number of aryl methyl sites for hydroxylation is 2. The first-order valence-corrected chi connectivity index (χ1v) is 13.6. The molecule has 1 unspecified atom stereocenters. The van der Waals surface area contributed by atoms with E-state index in [0.29, 0.717) is 36.5 Å². The number of nitrogens with zero attached hydrogens (tertiary/aromatic N) is 5. The topological polar surface area (TPSA) is 120 Å². The zero-order valence-corrected chi connectivity index (χ0v) is 23.0. The molecule has 11 heteroatoms. The summed E-state index contributed by atoms with van der Waals surface area (Å²) in [5.74, 6) is -0.230. The number of nitrogens with one attached hydrogen (secondary N) is 1. The summed E-state index contributed by atoms with van der Waals surface area (Å²) in [7, 11) is 1.69. The lowest BCUT2D eigenvalue weighted by atomic mass is 9.94. The van der Waals surface area contributed by atoms with Gasteiger partial charge < -0.3 is 9.64 Å². The SMILES string of the molecule is Cn1c(=O)n(C2CCC(=O)NC2=O)c2ccc(-c3cnn(CCC4CCN(C(=O)OC(C)(C)C)CC4)c3)cc21. The van der Waals surface area contributed by atoms with Crippen molar-refractivity contribution in [3.8, 4) is 11.1 Å². The Labute approximate surface area is 226 Å². The molecule has 2 fully saturated rings. The minimum atomic E-state index is -0.705. The smallest absolute Gasteiger partial charge is 0.410 e. The number of fused-ring (bicyclic) bond motifs is 1. The van der Waals surface area contributed by atoms with E-state index in [-0.39, 0.29) is 24.1 Å². The Morgan fingerprint density at radius 1 is 1.08 bits per heavy atom. The van der Waals surface area contributed by atoms with Gasteiger partial charge in [0, 0.05) is 44.9 Å². The first-order valence-electron chi connectivity index (χ1n) is 13.6. The molecule has 39 heavy (non-hydrogen) atoms. The van der Waals surface area contributed by atoms with Crippen LogP contribution in [0.1, 0.15) is 58.9 Å². The van der Waals surface area contributed by atoms with Crippen molar-refractivity contribution in [1.82, 2.24) is 29.1 Å². The highest BCUT2D eigenvalue weighted by Gasteiger charge is 2.31. The molecule has 11 nitrogen and oxygen atoms in total. The number of benzene rings is 1. The predicted octanol–water partition coefficient (Wildman–Crippen LogP) is 3.22. The standard InChI is InChI=1S/C28H36N6O5/c1-28(2,3)39-27(38)32-12-9-18(10-13-32)11-14-33-17-20(16-29-33)19-5-6-21-23(15-19)31(4)26(37)34(21)22-7-8-24(35)30-25(22)36/h5-6,15-18,22H,7-14H2,1-4H3,(H,30,35,36). The van der Waals surface area contributed by atoms with Gasteiger partial charge in [-0.1, -0.05) is 6.07 Å². The second kappa shape index (κ2) is 10.3. The molecule has 2 aliphatic rings. The number of hydrogen-bond acceptors (Lipinski definition) is 6. The summed E-state index contributed by atoms with van der Waals surface area (Å²) >= 11 is 0. The minimum Gasteiger partial charge on any atom is -0.444 e. The fourth-order valence-electron chi connectivity index (χ4n) is 5.45. The first kappa shape index (κ1) is 26.7. The van der Waals surface area contributed by atoms with Crippen molar-refractivity contribution in [2.24, 2.45) is 13.0 Å². The van der Waals surface area contributed by atoms with Crippen molar-refractivity contribution >= 4 is 28.9 Å². The first-order chi connectivity index (χ1) is 18.5. The quantitative estimate of drug-likeness (QED) is 0.500. The summed E-state index contributed by atoms with van der Waals surface area (Å²) in [6, 6.07) is 5.01. The molecule has 0 aliphatic carbocycles. The van der Waals surface area contributed by atoms with Crippen LogP contribution in [0.5, 0.6) is 0 Å². The van der Waals surface area contributed by atoms with Gasteiger partial charge in [0.1, 0.15) is 11.6 Å². The van der Waals surface area contributed by atoms with Crippen LogP contribution >= 0.6 is 0 Å². The molecular weight excluding hydrogens is 500 g/mol. The number of ether oxygens (including phenoxy) is 1. The molecule has 4 heterocycles. The van der Waals surface area contributed by atoms with Gasteiger partial charge in [-0.25, -0.2) is 9.59 Å². The van der Waals surface area contributed by atoms with Crippen molar-refractivity contribution in [3.05, 3.63) is 41.1 Å². The third kappa shape index (κ3) is 5.62. The zero-order valence-electron chi connectivity index (χ0n) is 23.0. The highest BCUT2D eigenvalue weighted by molar-refractivity contribution is 6.00. The maximum absolute atomic E-state index is 13.0. The molecule has 0 spiro atoms. The molecule has 1 aromatic carbocycles. The third-order valence-corrected chi connectivity index (χ3v) is 7.61. The number of hydrogen-bond donors (Lipinski definition) is 1. The van der Waals surface area contributed by atoms with Gasteiger partial charge >= 0.3 is 11.8 Å². The Balaban J connectivity index is 1.23. The molecule has 1 atom stereocenters. The number of imide groups is 1. The summed E-state index contributed by atoms with van der Waals surface area (Å²) in [5, 5.41) is 6.89. The summed E-state index contributed by atoms with van der Waals surface area (Å²) in [6.07, 6.45) is 6.97. The van der Waals surface area contributed by atoms with Gasteiger partial charge in [0.05, 0.1) is 17.2 Å². The van der Waals surface area contributed by atoms with Gasteiger partial charge in [-0.05, 0) is 70.1 Å². The summed E-state index contributed by atoms with van der Waals surface area (Å²) in [5.41, 5.74) is 2.47. The van der Waals surface area contributed by atoms with E-state index in [4.69, 9.17) is 4.74 Å². The van der Waals surface area contributed by atoms with Gasteiger partial charge in [-0.3, -0.25) is 28.7 Å². The molecule has 0 radical (unpaired) electrons.